The number of aryl methyl sites for hydroxylation is 1. The molecule has 0 radical (unpaired) electrons. The fourth-order valence-corrected chi connectivity index (χ4v) is 1.83. The zero-order chi connectivity index (χ0) is 12.7. The van der Waals surface area contributed by atoms with E-state index in [4.69, 9.17) is 10.00 Å². The van der Waals surface area contributed by atoms with Gasteiger partial charge in [0, 0.05) is 6.42 Å². The van der Waals surface area contributed by atoms with Gasteiger partial charge in [0.2, 0.25) is 0 Å². The van der Waals surface area contributed by atoms with Gasteiger partial charge in [0.25, 0.3) is 0 Å². The number of nitriles is 1. The largest absolute Gasteiger partial charge is 0.466 e. The number of rotatable bonds is 5. The Hall–Kier alpha value is -1.82. The third-order valence-electron chi connectivity index (χ3n) is 2.63. The van der Waals surface area contributed by atoms with E-state index in [1.807, 2.05) is 25.1 Å². The van der Waals surface area contributed by atoms with Crippen molar-refractivity contribution in [3.05, 3.63) is 34.9 Å². The van der Waals surface area contributed by atoms with Crippen LogP contribution < -0.4 is 0 Å². The van der Waals surface area contributed by atoms with E-state index in [0.29, 0.717) is 19.4 Å². The van der Waals surface area contributed by atoms with E-state index < -0.39 is 0 Å². The van der Waals surface area contributed by atoms with E-state index in [-0.39, 0.29) is 12.4 Å². The monoisotopic (exact) mass is 231 g/mol. The fourth-order valence-electron chi connectivity index (χ4n) is 1.83. The lowest BCUT2D eigenvalue weighted by Crippen LogP contribution is -2.10. The Kier molecular flexibility index (Phi) is 5.22. The Balaban J connectivity index is 2.86. The average Bonchev–Trinajstić information content (AvgIpc) is 2.28. The predicted molar refractivity (Wildman–Crippen MR) is 65.5 cm³/mol. The van der Waals surface area contributed by atoms with E-state index in [1.54, 1.807) is 6.92 Å². The maximum Gasteiger partial charge on any atom is 0.310 e. The molecule has 3 heteroatoms. The zero-order valence-corrected chi connectivity index (χ0v) is 10.3. The highest BCUT2D eigenvalue weighted by molar-refractivity contribution is 5.73. The highest BCUT2D eigenvalue weighted by Gasteiger charge is 2.10. The van der Waals surface area contributed by atoms with Gasteiger partial charge in [-0.25, -0.2) is 0 Å². The van der Waals surface area contributed by atoms with Crippen molar-refractivity contribution in [3.63, 3.8) is 0 Å². The maximum atomic E-state index is 11.5. The number of hydrogen-bond acceptors (Lipinski definition) is 3. The number of benzene rings is 1. The molecule has 0 atom stereocenters. The summed E-state index contributed by atoms with van der Waals surface area (Å²) in [5.41, 5.74) is 3.20. The number of ether oxygens (including phenoxy) is 1. The predicted octanol–water partition coefficient (Wildman–Crippen LogP) is 2.56. The Morgan fingerprint density at radius 3 is 2.88 bits per heavy atom. The summed E-state index contributed by atoms with van der Waals surface area (Å²) >= 11 is 0. The van der Waals surface area contributed by atoms with Gasteiger partial charge in [0.1, 0.15) is 0 Å². The molecule has 1 aromatic carbocycles. The average molecular weight is 231 g/mol. The lowest BCUT2D eigenvalue weighted by atomic mass is 9.96. The number of carbonyl (C=O) groups is 1. The molecule has 0 heterocycles. The molecular formula is C14H17NO2. The number of esters is 1. The first-order valence-corrected chi connectivity index (χ1v) is 5.79. The number of carbonyl (C=O) groups excluding carboxylic acids is 1. The van der Waals surface area contributed by atoms with Crippen LogP contribution in [0.2, 0.25) is 0 Å². The summed E-state index contributed by atoms with van der Waals surface area (Å²) in [5, 5.41) is 8.63. The summed E-state index contributed by atoms with van der Waals surface area (Å²) in [7, 11) is 0. The summed E-state index contributed by atoms with van der Waals surface area (Å²) in [6.45, 7) is 4.20. The molecule has 0 fully saturated rings. The van der Waals surface area contributed by atoms with Crippen molar-refractivity contribution in [3.8, 4) is 6.07 Å². The van der Waals surface area contributed by atoms with Crippen LogP contribution in [0, 0.1) is 18.3 Å². The van der Waals surface area contributed by atoms with Crippen LogP contribution in [0.1, 0.15) is 30.0 Å². The highest BCUT2D eigenvalue weighted by atomic mass is 16.5. The second kappa shape index (κ2) is 6.70. The number of hydrogen-bond donors (Lipinski definition) is 0. The minimum atomic E-state index is -0.212. The van der Waals surface area contributed by atoms with Crippen LogP contribution >= 0.6 is 0 Å². The zero-order valence-electron chi connectivity index (χ0n) is 10.3. The molecule has 0 saturated heterocycles. The van der Waals surface area contributed by atoms with E-state index in [1.165, 1.54) is 0 Å². The molecule has 1 aromatic rings. The van der Waals surface area contributed by atoms with E-state index in [2.05, 4.69) is 6.07 Å². The second-order valence-corrected chi connectivity index (χ2v) is 3.85. The molecular weight excluding hydrogens is 214 g/mol. The molecule has 0 aliphatic carbocycles. The lowest BCUT2D eigenvalue weighted by Gasteiger charge is -2.10. The summed E-state index contributed by atoms with van der Waals surface area (Å²) < 4.78 is 4.94. The number of nitrogens with zero attached hydrogens (tertiary/aromatic N) is 1. The normalized spacial score (nSPS) is 9.71. The molecule has 0 saturated carbocycles. The highest BCUT2D eigenvalue weighted by Crippen LogP contribution is 2.17. The van der Waals surface area contributed by atoms with Crippen molar-refractivity contribution in [1.82, 2.24) is 0 Å². The minimum absolute atomic E-state index is 0.212. The van der Waals surface area contributed by atoms with Crippen molar-refractivity contribution >= 4 is 5.97 Å². The van der Waals surface area contributed by atoms with Crippen LogP contribution in [-0.4, -0.2) is 12.6 Å². The Labute approximate surface area is 102 Å². The van der Waals surface area contributed by atoms with Crippen molar-refractivity contribution in [1.29, 1.82) is 5.26 Å². The van der Waals surface area contributed by atoms with Crippen LogP contribution in [-0.2, 0) is 22.4 Å². The van der Waals surface area contributed by atoms with E-state index in [0.717, 1.165) is 16.7 Å². The molecule has 90 valence electrons. The molecule has 3 nitrogen and oxygen atoms in total. The van der Waals surface area contributed by atoms with Gasteiger partial charge in [-0.2, -0.15) is 5.26 Å². The van der Waals surface area contributed by atoms with Crippen molar-refractivity contribution in [2.24, 2.45) is 0 Å². The van der Waals surface area contributed by atoms with Crippen LogP contribution in [0.4, 0.5) is 0 Å². The molecule has 1 rings (SSSR count). The SMILES string of the molecule is CCOC(=O)Cc1cccc(C)c1CCC#N. The topological polar surface area (TPSA) is 50.1 Å². The van der Waals surface area contributed by atoms with Crippen LogP contribution in [0.3, 0.4) is 0 Å². The standard InChI is InChI=1S/C14H17NO2/c1-3-17-14(16)10-12-7-4-6-11(2)13(12)8-5-9-15/h4,6-7H,3,5,8,10H2,1-2H3. The molecule has 0 bridgehead atoms. The van der Waals surface area contributed by atoms with Gasteiger partial charge in [-0.3, -0.25) is 4.79 Å². The second-order valence-electron chi connectivity index (χ2n) is 3.85. The van der Waals surface area contributed by atoms with Gasteiger partial charge in [-0.15, -0.1) is 0 Å². The van der Waals surface area contributed by atoms with E-state index in [9.17, 15) is 4.79 Å². The van der Waals surface area contributed by atoms with Crippen molar-refractivity contribution in [2.75, 3.05) is 6.61 Å². The summed E-state index contributed by atoms with van der Waals surface area (Å²) in [6, 6.07) is 7.99. The van der Waals surface area contributed by atoms with Gasteiger partial charge >= 0.3 is 5.97 Å². The third-order valence-corrected chi connectivity index (χ3v) is 2.63. The van der Waals surface area contributed by atoms with Crippen molar-refractivity contribution in [2.45, 2.75) is 33.1 Å². The third kappa shape index (κ3) is 3.92. The molecule has 0 amide bonds. The molecule has 0 aliphatic rings. The summed E-state index contributed by atoms with van der Waals surface area (Å²) in [5.74, 6) is -0.212. The van der Waals surface area contributed by atoms with Gasteiger partial charge in [0.15, 0.2) is 0 Å². The molecule has 0 aliphatic heterocycles. The van der Waals surface area contributed by atoms with Crippen LogP contribution in [0.25, 0.3) is 0 Å². The first-order valence-electron chi connectivity index (χ1n) is 5.79. The Morgan fingerprint density at radius 2 is 2.24 bits per heavy atom. The van der Waals surface area contributed by atoms with Gasteiger partial charge in [-0.1, -0.05) is 18.2 Å². The molecule has 0 aromatic heterocycles. The lowest BCUT2D eigenvalue weighted by molar-refractivity contribution is -0.142. The van der Waals surface area contributed by atoms with Gasteiger partial charge in [-0.05, 0) is 37.0 Å². The summed E-state index contributed by atoms with van der Waals surface area (Å²) in [4.78, 5) is 11.5. The van der Waals surface area contributed by atoms with Gasteiger partial charge < -0.3 is 4.74 Å². The van der Waals surface area contributed by atoms with Crippen molar-refractivity contribution < 1.29 is 9.53 Å². The van der Waals surface area contributed by atoms with Crippen LogP contribution in [0.5, 0.6) is 0 Å². The van der Waals surface area contributed by atoms with Gasteiger partial charge in [0.05, 0.1) is 19.1 Å². The Morgan fingerprint density at radius 1 is 1.47 bits per heavy atom. The Bertz CT molecular complexity index is 432. The first-order chi connectivity index (χ1) is 8.19. The fraction of sp³-hybridized carbons (Fsp3) is 0.429. The smallest absolute Gasteiger partial charge is 0.310 e. The first kappa shape index (κ1) is 13.2. The summed E-state index contributed by atoms with van der Waals surface area (Å²) in [6.07, 6.45) is 1.45. The quantitative estimate of drug-likeness (QED) is 0.732. The molecule has 0 spiro atoms. The van der Waals surface area contributed by atoms with E-state index >= 15 is 0 Å². The molecule has 0 N–H and O–H groups in total. The minimum Gasteiger partial charge on any atom is -0.466 e. The maximum absolute atomic E-state index is 11.5. The molecule has 17 heavy (non-hydrogen) atoms. The van der Waals surface area contributed by atoms with Crippen LogP contribution in [0.15, 0.2) is 18.2 Å². The molecule has 0 unspecified atom stereocenters.